The van der Waals surface area contributed by atoms with E-state index in [-0.39, 0.29) is 0 Å². The van der Waals surface area contributed by atoms with Crippen LogP contribution in [0.5, 0.6) is 0 Å². The molecule has 1 aromatic rings. The summed E-state index contributed by atoms with van der Waals surface area (Å²) in [6.07, 6.45) is 6.47. The van der Waals surface area contributed by atoms with Crippen LogP contribution in [0.15, 0.2) is 54.0 Å². The molecule has 0 aromatic heterocycles. The second kappa shape index (κ2) is 4.24. The van der Waals surface area contributed by atoms with Crippen molar-refractivity contribution in [3.8, 4) is 0 Å². The van der Waals surface area contributed by atoms with Crippen LogP contribution in [-0.4, -0.2) is 11.1 Å². The van der Waals surface area contributed by atoms with Gasteiger partial charge in [0.25, 0.3) is 0 Å². The van der Waals surface area contributed by atoms with Gasteiger partial charge in [-0.05, 0) is 16.3 Å². The molecule has 1 aliphatic rings. The van der Waals surface area contributed by atoms with E-state index in [9.17, 15) is 0 Å². The largest absolute Gasteiger partial charge is 0.158 e. The fourth-order valence-electron chi connectivity index (χ4n) is 1.24. The molecule has 1 atom stereocenters. The molecule has 0 amide bonds. The lowest BCUT2D eigenvalue weighted by Crippen LogP contribution is -1.84. The lowest BCUT2D eigenvalue weighted by atomic mass is 10.2. The summed E-state index contributed by atoms with van der Waals surface area (Å²) in [5, 5.41) is 4.60. The van der Waals surface area contributed by atoms with Crippen molar-refractivity contribution in [2.24, 2.45) is 0 Å². The highest BCUT2D eigenvalue weighted by Crippen LogP contribution is 2.19. The summed E-state index contributed by atoms with van der Waals surface area (Å²) in [5.41, 5.74) is 1.32. The molecule has 0 saturated carbocycles. The van der Waals surface area contributed by atoms with E-state index in [1.165, 1.54) is 5.56 Å². The summed E-state index contributed by atoms with van der Waals surface area (Å²) < 4.78 is 0. The van der Waals surface area contributed by atoms with Crippen LogP contribution in [0.1, 0.15) is 5.56 Å². The zero-order valence-corrected chi connectivity index (χ0v) is 8.21. The zero-order chi connectivity index (χ0) is 8.93. The standard InChI is InChI=1S/C12H12S/c1-3-7-12(8-4-1)11-13-9-5-2-6-10-13/h1-9,11H,10H2. The molecule has 1 unspecified atom stereocenters. The molecule has 0 fully saturated rings. The Morgan fingerprint density at radius 3 is 2.62 bits per heavy atom. The number of hydrogen-bond donors (Lipinski definition) is 0. The molecule has 1 aromatic carbocycles. The average molecular weight is 188 g/mol. The van der Waals surface area contributed by atoms with Gasteiger partial charge in [-0.2, -0.15) is 10.5 Å². The Hall–Kier alpha value is -1.08. The summed E-state index contributed by atoms with van der Waals surface area (Å²) in [7, 11) is 0.312. The van der Waals surface area contributed by atoms with Crippen molar-refractivity contribution in [1.29, 1.82) is 0 Å². The van der Waals surface area contributed by atoms with E-state index in [1.54, 1.807) is 0 Å². The van der Waals surface area contributed by atoms with E-state index < -0.39 is 0 Å². The SMILES string of the molecule is C1=CCS(=Cc2ccccc2)C=C1. The third-order valence-corrected chi connectivity index (χ3v) is 3.54. The van der Waals surface area contributed by atoms with Gasteiger partial charge in [0.1, 0.15) is 0 Å². The molecular formula is C12H12S. The van der Waals surface area contributed by atoms with Crippen molar-refractivity contribution in [2.75, 3.05) is 5.75 Å². The van der Waals surface area contributed by atoms with Crippen LogP contribution in [-0.2, 0) is 0 Å². The highest BCUT2D eigenvalue weighted by Gasteiger charge is 1.91. The van der Waals surface area contributed by atoms with Gasteiger partial charge < -0.3 is 0 Å². The lowest BCUT2D eigenvalue weighted by molar-refractivity contribution is 1.69. The van der Waals surface area contributed by atoms with Crippen LogP contribution >= 0.6 is 10.5 Å². The van der Waals surface area contributed by atoms with Gasteiger partial charge in [-0.3, -0.25) is 0 Å². The summed E-state index contributed by atoms with van der Waals surface area (Å²) in [6, 6.07) is 10.5. The number of benzene rings is 1. The molecule has 1 heterocycles. The van der Waals surface area contributed by atoms with E-state index in [0.717, 1.165) is 5.75 Å². The molecule has 0 spiro atoms. The Labute approximate surface area is 81.5 Å². The van der Waals surface area contributed by atoms with Crippen LogP contribution in [0.2, 0.25) is 0 Å². The van der Waals surface area contributed by atoms with Crippen molar-refractivity contribution in [3.05, 3.63) is 59.5 Å². The molecular weight excluding hydrogens is 176 g/mol. The van der Waals surface area contributed by atoms with E-state index >= 15 is 0 Å². The molecule has 0 aliphatic carbocycles. The zero-order valence-electron chi connectivity index (χ0n) is 7.39. The predicted octanol–water partition coefficient (Wildman–Crippen LogP) is 3.19. The Kier molecular flexibility index (Phi) is 2.78. The van der Waals surface area contributed by atoms with Gasteiger partial charge in [0.2, 0.25) is 0 Å². The molecule has 2 rings (SSSR count). The smallest absolute Gasteiger partial charge is 0.0105 e. The Balaban J connectivity index is 2.21. The minimum absolute atomic E-state index is 0.312. The number of rotatable bonds is 1. The molecule has 0 nitrogen and oxygen atoms in total. The normalized spacial score (nSPS) is 20.8. The van der Waals surface area contributed by atoms with Crippen molar-refractivity contribution < 1.29 is 0 Å². The summed E-state index contributed by atoms with van der Waals surface area (Å²) >= 11 is 0. The molecule has 0 N–H and O–H groups in total. The highest BCUT2D eigenvalue weighted by molar-refractivity contribution is 8.17. The van der Waals surface area contributed by atoms with Crippen molar-refractivity contribution in [2.45, 2.75) is 0 Å². The average Bonchev–Trinajstić information content (AvgIpc) is 2.21. The molecule has 0 bridgehead atoms. The molecule has 1 aliphatic heterocycles. The topological polar surface area (TPSA) is 0 Å². The molecule has 13 heavy (non-hydrogen) atoms. The fraction of sp³-hybridized carbons (Fsp3) is 0.0833. The first-order valence-corrected chi connectivity index (χ1v) is 5.89. The second-order valence-electron chi connectivity index (χ2n) is 2.92. The number of allylic oxidation sites excluding steroid dienone is 2. The van der Waals surface area contributed by atoms with Crippen molar-refractivity contribution in [1.82, 2.24) is 0 Å². The Morgan fingerprint density at radius 1 is 1.08 bits per heavy atom. The predicted molar refractivity (Wildman–Crippen MR) is 62.3 cm³/mol. The van der Waals surface area contributed by atoms with Crippen molar-refractivity contribution >= 4 is 15.9 Å². The first kappa shape index (κ1) is 8.52. The van der Waals surface area contributed by atoms with Crippen LogP contribution < -0.4 is 0 Å². The third kappa shape index (κ3) is 2.43. The third-order valence-electron chi connectivity index (χ3n) is 1.88. The summed E-state index contributed by atoms with van der Waals surface area (Å²) in [6.45, 7) is 0. The van der Waals surface area contributed by atoms with Crippen LogP contribution in [0, 0.1) is 0 Å². The number of hydrogen-bond acceptors (Lipinski definition) is 0. The van der Waals surface area contributed by atoms with Gasteiger partial charge in [0.05, 0.1) is 0 Å². The monoisotopic (exact) mass is 188 g/mol. The van der Waals surface area contributed by atoms with Crippen LogP contribution in [0.3, 0.4) is 0 Å². The van der Waals surface area contributed by atoms with Crippen LogP contribution in [0.25, 0.3) is 0 Å². The maximum absolute atomic E-state index is 2.33. The Morgan fingerprint density at radius 2 is 1.92 bits per heavy atom. The van der Waals surface area contributed by atoms with Gasteiger partial charge in [0.15, 0.2) is 0 Å². The minimum Gasteiger partial charge on any atom is -0.158 e. The van der Waals surface area contributed by atoms with Gasteiger partial charge in [0, 0.05) is 5.75 Å². The molecule has 66 valence electrons. The maximum atomic E-state index is 2.33. The van der Waals surface area contributed by atoms with E-state index in [0.29, 0.717) is 10.5 Å². The van der Waals surface area contributed by atoms with Crippen molar-refractivity contribution in [3.63, 3.8) is 0 Å². The first-order valence-electron chi connectivity index (χ1n) is 4.37. The summed E-state index contributed by atoms with van der Waals surface area (Å²) in [5.74, 6) is 1.16. The van der Waals surface area contributed by atoms with Crippen LogP contribution in [0.4, 0.5) is 0 Å². The van der Waals surface area contributed by atoms with E-state index in [2.05, 4.69) is 59.3 Å². The maximum Gasteiger partial charge on any atom is 0.0105 e. The van der Waals surface area contributed by atoms with Gasteiger partial charge in [-0.1, -0.05) is 48.6 Å². The Bertz CT molecular complexity index is 358. The van der Waals surface area contributed by atoms with Gasteiger partial charge in [-0.15, -0.1) is 0 Å². The second-order valence-corrected chi connectivity index (χ2v) is 4.70. The highest BCUT2D eigenvalue weighted by atomic mass is 32.2. The van der Waals surface area contributed by atoms with Gasteiger partial charge in [-0.25, -0.2) is 0 Å². The first-order chi connectivity index (χ1) is 6.45. The summed E-state index contributed by atoms with van der Waals surface area (Å²) in [4.78, 5) is 0. The molecule has 0 saturated heterocycles. The van der Waals surface area contributed by atoms with E-state index in [4.69, 9.17) is 0 Å². The van der Waals surface area contributed by atoms with E-state index in [1.807, 2.05) is 0 Å². The fourth-order valence-corrected chi connectivity index (χ4v) is 2.66. The molecule has 0 radical (unpaired) electrons. The molecule has 1 heteroatoms. The van der Waals surface area contributed by atoms with Gasteiger partial charge >= 0.3 is 0 Å². The lowest BCUT2D eigenvalue weighted by Gasteiger charge is -2.03. The minimum atomic E-state index is 0.312. The quantitative estimate of drug-likeness (QED) is 0.594.